The second-order valence-electron chi connectivity index (χ2n) is 5.25. The maximum atomic E-state index is 12.2. The van der Waals surface area contributed by atoms with Gasteiger partial charge in [-0.2, -0.15) is 8.42 Å². The number of carbonyl (C=O) groups is 2. The van der Waals surface area contributed by atoms with Crippen molar-refractivity contribution < 1.29 is 27.3 Å². The fraction of sp³-hybridized carbons (Fsp3) is 0.429. The first-order valence-electron chi connectivity index (χ1n) is 6.70. The SMILES string of the molecule is CC(=O)N1CC(OS(=O)(=O)c2ccc(C)cc2)C[C@H]1C(=O)O. The van der Waals surface area contributed by atoms with Gasteiger partial charge in [-0.05, 0) is 19.1 Å². The first-order chi connectivity index (χ1) is 10.2. The summed E-state index contributed by atoms with van der Waals surface area (Å²) >= 11 is 0. The molecule has 120 valence electrons. The van der Waals surface area contributed by atoms with Gasteiger partial charge < -0.3 is 10.0 Å². The van der Waals surface area contributed by atoms with Crippen LogP contribution in [0.5, 0.6) is 0 Å². The van der Waals surface area contributed by atoms with Gasteiger partial charge in [0, 0.05) is 19.9 Å². The maximum absolute atomic E-state index is 12.2. The van der Waals surface area contributed by atoms with Crippen LogP contribution in [0.15, 0.2) is 29.2 Å². The number of aryl methyl sites for hydroxylation is 1. The van der Waals surface area contributed by atoms with E-state index in [1.54, 1.807) is 12.1 Å². The van der Waals surface area contributed by atoms with Crippen LogP contribution in [0.3, 0.4) is 0 Å². The summed E-state index contributed by atoms with van der Waals surface area (Å²) in [6, 6.07) is 5.09. The number of amides is 1. The fourth-order valence-corrected chi connectivity index (χ4v) is 3.47. The number of aliphatic carboxylic acids is 1. The Labute approximate surface area is 128 Å². The van der Waals surface area contributed by atoms with Gasteiger partial charge in [-0.25, -0.2) is 4.79 Å². The van der Waals surface area contributed by atoms with Crippen molar-refractivity contribution in [2.24, 2.45) is 0 Å². The summed E-state index contributed by atoms with van der Waals surface area (Å²) in [6.07, 6.45) is -0.920. The normalized spacial score (nSPS) is 21.8. The molecule has 1 heterocycles. The average Bonchev–Trinajstić information content (AvgIpc) is 2.82. The molecule has 0 spiro atoms. The van der Waals surface area contributed by atoms with E-state index in [0.29, 0.717) is 0 Å². The molecule has 0 bridgehead atoms. The van der Waals surface area contributed by atoms with E-state index in [4.69, 9.17) is 9.29 Å². The van der Waals surface area contributed by atoms with Crippen molar-refractivity contribution >= 4 is 22.0 Å². The number of nitrogens with zero attached hydrogens (tertiary/aromatic N) is 1. The number of benzene rings is 1. The van der Waals surface area contributed by atoms with Gasteiger partial charge in [0.1, 0.15) is 6.04 Å². The van der Waals surface area contributed by atoms with Gasteiger partial charge in [0.15, 0.2) is 0 Å². The van der Waals surface area contributed by atoms with Gasteiger partial charge >= 0.3 is 5.97 Å². The number of hydrogen-bond donors (Lipinski definition) is 1. The fourth-order valence-electron chi connectivity index (χ4n) is 2.39. The quantitative estimate of drug-likeness (QED) is 0.820. The van der Waals surface area contributed by atoms with E-state index in [-0.39, 0.29) is 17.9 Å². The number of hydrogen-bond acceptors (Lipinski definition) is 5. The Hall–Kier alpha value is -1.93. The van der Waals surface area contributed by atoms with Crippen LogP contribution in [0.1, 0.15) is 18.9 Å². The van der Waals surface area contributed by atoms with Gasteiger partial charge in [0.25, 0.3) is 10.1 Å². The summed E-state index contributed by atoms with van der Waals surface area (Å²) in [7, 11) is -3.99. The molecule has 2 rings (SSSR count). The monoisotopic (exact) mass is 327 g/mol. The largest absolute Gasteiger partial charge is 0.480 e. The topological polar surface area (TPSA) is 101 Å². The summed E-state index contributed by atoms with van der Waals surface area (Å²) in [5, 5.41) is 9.10. The van der Waals surface area contributed by atoms with E-state index < -0.39 is 34.1 Å². The van der Waals surface area contributed by atoms with Crippen molar-refractivity contribution in [3.63, 3.8) is 0 Å². The molecule has 8 heteroatoms. The highest BCUT2D eigenvalue weighted by Gasteiger charge is 2.41. The minimum absolute atomic E-state index is 0.00579. The lowest BCUT2D eigenvalue weighted by Gasteiger charge is -2.18. The average molecular weight is 327 g/mol. The van der Waals surface area contributed by atoms with Crippen molar-refractivity contribution in [2.75, 3.05) is 6.54 Å². The van der Waals surface area contributed by atoms with Crippen LogP contribution in [0.25, 0.3) is 0 Å². The Bertz CT molecular complexity index is 660. The van der Waals surface area contributed by atoms with E-state index in [2.05, 4.69) is 0 Å². The Morgan fingerprint density at radius 1 is 1.27 bits per heavy atom. The minimum Gasteiger partial charge on any atom is -0.480 e. The van der Waals surface area contributed by atoms with Gasteiger partial charge in [-0.1, -0.05) is 17.7 Å². The molecule has 1 N–H and O–H groups in total. The minimum atomic E-state index is -3.99. The lowest BCUT2D eigenvalue weighted by molar-refractivity contribution is -0.147. The molecule has 0 radical (unpaired) electrons. The smallest absolute Gasteiger partial charge is 0.326 e. The molecule has 2 atom stereocenters. The summed E-state index contributed by atoms with van der Waals surface area (Å²) < 4.78 is 29.5. The van der Waals surface area contributed by atoms with Gasteiger partial charge in [0.05, 0.1) is 11.0 Å². The second kappa shape index (κ2) is 6.05. The van der Waals surface area contributed by atoms with E-state index in [1.807, 2.05) is 6.92 Å². The highest BCUT2D eigenvalue weighted by molar-refractivity contribution is 7.86. The van der Waals surface area contributed by atoms with Crippen LogP contribution >= 0.6 is 0 Å². The molecule has 1 aromatic carbocycles. The third-order valence-electron chi connectivity index (χ3n) is 3.52. The number of carbonyl (C=O) groups excluding carboxylic acids is 1. The summed E-state index contributed by atoms with van der Waals surface area (Å²) in [4.78, 5) is 23.7. The number of likely N-dealkylation sites (tertiary alicyclic amines) is 1. The van der Waals surface area contributed by atoms with E-state index in [0.717, 1.165) is 10.5 Å². The van der Waals surface area contributed by atoms with Crippen molar-refractivity contribution in [3.8, 4) is 0 Å². The van der Waals surface area contributed by atoms with Crippen LogP contribution in [0.2, 0.25) is 0 Å². The standard InChI is InChI=1S/C14H17NO6S/c1-9-3-5-12(6-4-9)22(19,20)21-11-7-13(14(17)18)15(8-11)10(2)16/h3-6,11,13H,7-8H2,1-2H3,(H,17,18)/t11?,13-/m0/s1. The zero-order valence-electron chi connectivity index (χ0n) is 12.2. The highest BCUT2D eigenvalue weighted by atomic mass is 32.2. The first-order valence-corrected chi connectivity index (χ1v) is 8.11. The van der Waals surface area contributed by atoms with Crippen LogP contribution < -0.4 is 0 Å². The predicted octanol–water partition coefficient (Wildman–Crippen LogP) is 0.774. The lowest BCUT2D eigenvalue weighted by Crippen LogP contribution is -2.39. The van der Waals surface area contributed by atoms with Crippen molar-refractivity contribution in [2.45, 2.75) is 37.3 Å². The van der Waals surface area contributed by atoms with Gasteiger partial charge in [-0.15, -0.1) is 0 Å². The molecule has 0 aliphatic carbocycles. The van der Waals surface area contributed by atoms with E-state index in [1.165, 1.54) is 19.1 Å². The molecule has 1 fully saturated rings. The lowest BCUT2D eigenvalue weighted by atomic mass is 10.2. The van der Waals surface area contributed by atoms with Crippen LogP contribution in [-0.4, -0.2) is 49.0 Å². The molecule has 22 heavy (non-hydrogen) atoms. The Kier molecular flexibility index (Phi) is 4.52. The molecular weight excluding hydrogens is 310 g/mol. The van der Waals surface area contributed by atoms with E-state index >= 15 is 0 Å². The molecule has 1 unspecified atom stereocenters. The number of carboxylic acid groups (broad SMARTS) is 1. The second-order valence-corrected chi connectivity index (χ2v) is 6.82. The summed E-state index contributed by atoms with van der Waals surface area (Å²) in [6.45, 7) is 3.01. The first kappa shape index (κ1) is 16.4. The molecule has 1 saturated heterocycles. The molecular formula is C14H17NO6S. The Balaban J connectivity index is 2.15. The van der Waals surface area contributed by atoms with Crippen molar-refractivity contribution in [1.82, 2.24) is 4.90 Å². The maximum Gasteiger partial charge on any atom is 0.326 e. The summed E-state index contributed by atoms with van der Waals surface area (Å²) in [5.41, 5.74) is 0.911. The van der Waals surface area contributed by atoms with E-state index in [9.17, 15) is 18.0 Å². The van der Waals surface area contributed by atoms with Crippen LogP contribution in [0.4, 0.5) is 0 Å². The molecule has 0 aromatic heterocycles. The third-order valence-corrected chi connectivity index (χ3v) is 4.90. The molecule has 7 nitrogen and oxygen atoms in total. The molecule has 1 aliphatic heterocycles. The van der Waals surface area contributed by atoms with Gasteiger partial charge in [0.2, 0.25) is 5.91 Å². The zero-order valence-corrected chi connectivity index (χ0v) is 13.0. The van der Waals surface area contributed by atoms with Gasteiger partial charge in [-0.3, -0.25) is 8.98 Å². The molecule has 0 saturated carbocycles. The highest BCUT2D eigenvalue weighted by Crippen LogP contribution is 2.25. The zero-order chi connectivity index (χ0) is 16.5. The number of rotatable bonds is 4. The Morgan fingerprint density at radius 3 is 2.32 bits per heavy atom. The summed E-state index contributed by atoms with van der Waals surface area (Å²) in [5.74, 6) is -1.60. The van der Waals surface area contributed by atoms with Crippen molar-refractivity contribution in [1.29, 1.82) is 0 Å². The predicted molar refractivity (Wildman–Crippen MR) is 76.7 cm³/mol. The van der Waals surface area contributed by atoms with Crippen LogP contribution in [-0.2, 0) is 23.9 Å². The molecule has 1 aromatic rings. The Morgan fingerprint density at radius 2 is 1.86 bits per heavy atom. The van der Waals surface area contributed by atoms with Crippen LogP contribution in [0, 0.1) is 6.92 Å². The molecule has 1 amide bonds. The molecule has 1 aliphatic rings. The number of carboxylic acids is 1. The van der Waals surface area contributed by atoms with Crippen molar-refractivity contribution in [3.05, 3.63) is 29.8 Å². The third kappa shape index (κ3) is 3.45.